The van der Waals surface area contributed by atoms with Gasteiger partial charge in [-0.15, -0.1) is 12.4 Å². The lowest BCUT2D eigenvalue weighted by molar-refractivity contribution is 0.237. The zero-order chi connectivity index (χ0) is 14.5. The topological polar surface area (TPSA) is 33.1 Å². The molecule has 1 aliphatic rings. The zero-order valence-electron chi connectivity index (χ0n) is 13.1. The maximum Gasteiger partial charge on any atom is 0.0645 e. The maximum atomic E-state index is 4.46. The minimum Gasteiger partial charge on any atom is -0.316 e. The molecule has 1 atom stereocenters. The molecule has 0 spiro atoms. The Morgan fingerprint density at radius 2 is 2.14 bits per heavy atom. The number of para-hydroxylation sites is 1. The number of hydrogen-bond acceptors (Lipinski definition) is 3. The van der Waals surface area contributed by atoms with Crippen LogP contribution >= 0.6 is 12.4 Å². The third-order valence-electron chi connectivity index (χ3n) is 4.08. The lowest BCUT2D eigenvalue weighted by atomic mass is 9.99. The van der Waals surface area contributed by atoms with E-state index in [0.29, 0.717) is 0 Å². The molecule has 1 N–H and O–H groups in total. The summed E-state index contributed by atoms with van der Waals surface area (Å²) in [5.41, 5.74) is 2.38. The molecule has 3 rings (SSSR count). The molecule has 2 heterocycles. The first-order chi connectivity index (χ1) is 10.3. The van der Waals surface area contributed by atoms with Crippen LogP contribution in [0.25, 0.3) is 5.69 Å². The van der Waals surface area contributed by atoms with Crippen LogP contribution in [-0.2, 0) is 6.54 Å². The first-order valence-corrected chi connectivity index (χ1v) is 7.79. The SMILES string of the molecule is CN(Cc1cnn(-c2ccccc2)c1)CC1CCCNC1.Cl. The van der Waals surface area contributed by atoms with Gasteiger partial charge in [0.1, 0.15) is 0 Å². The highest BCUT2D eigenvalue weighted by Crippen LogP contribution is 2.13. The molecule has 0 aliphatic carbocycles. The number of nitrogens with zero attached hydrogens (tertiary/aromatic N) is 3. The largest absolute Gasteiger partial charge is 0.316 e. The molecule has 1 saturated heterocycles. The van der Waals surface area contributed by atoms with E-state index in [0.717, 1.165) is 31.2 Å². The summed E-state index contributed by atoms with van der Waals surface area (Å²) in [5, 5.41) is 7.95. The van der Waals surface area contributed by atoms with E-state index in [9.17, 15) is 0 Å². The Morgan fingerprint density at radius 3 is 2.86 bits per heavy atom. The predicted molar refractivity (Wildman–Crippen MR) is 92.7 cm³/mol. The van der Waals surface area contributed by atoms with Crippen molar-refractivity contribution in [3.63, 3.8) is 0 Å². The van der Waals surface area contributed by atoms with E-state index in [4.69, 9.17) is 0 Å². The molecule has 120 valence electrons. The van der Waals surface area contributed by atoms with E-state index >= 15 is 0 Å². The van der Waals surface area contributed by atoms with Crippen LogP contribution in [0.4, 0.5) is 0 Å². The molecule has 1 aromatic heterocycles. The van der Waals surface area contributed by atoms with Gasteiger partial charge in [-0.05, 0) is 51.0 Å². The number of nitrogens with one attached hydrogen (secondary N) is 1. The fourth-order valence-corrected chi connectivity index (χ4v) is 3.06. The van der Waals surface area contributed by atoms with E-state index in [1.807, 2.05) is 29.1 Å². The van der Waals surface area contributed by atoms with E-state index in [2.05, 4.69) is 40.7 Å². The average molecular weight is 321 g/mol. The number of piperidine rings is 1. The van der Waals surface area contributed by atoms with Gasteiger partial charge in [-0.3, -0.25) is 0 Å². The van der Waals surface area contributed by atoms with Crippen molar-refractivity contribution >= 4 is 12.4 Å². The first kappa shape index (κ1) is 17.0. The number of rotatable bonds is 5. The first-order valence-electron chi connectivity index (χ1n) is 7.79. The van der Waals surface area contributed by atoms with Gasteiger partial charge in [0.05, 0.1) is 11.9 Å². The van der Waals surface area contributed by atoms with E-state index in [1.54, 1.807) is 0 Å². The van der Waals surface area contributed by atoms with Crippen LogP contribution in [0, 0.1) is 5.92 Å². The van der Waals surface area contributed by atoms with Crippen molar-refractivity contribution in [2.75, 3.05) is 26.7 Å². The summed E-state index contributed by atoms with van der Waals surface area (Å²) < 4.78 is 1.95. The third-order valence-corrected chi connectivity index (χ3v) is 4.08. The van der Waals surface area contributed by atoms with Gasteiger partial charge in [-0.2, -0.15) is 5.10 Å². The second-order valence-electron chi connectivity index (χ2n) is 6.04. The predicted octanol–water partition coefficient (Wildman–Crippen LogP) is 2.73. The summed E-state index contributed by atoms with van der Waals surface area (Å²) in [6.45, 7) is 4.46. The molecule has 5 heteroatoms. The van der Waals surface area contributed by atoms with Crippen LogP contribution < -0.4 is 5.32 Å². The smallest absolute Gasteiger partial charge is 0.0645 e. The molecule has 1 unspecified atom stereocenters. The van der Waals surface area contributed by atoms with Gasteiger partial charge >= 0.3 is 0 Å². The summed E-state index contributed by atoms with van der Waals surface area (Å²) in [7, 11) is 2.20. The molecule has 0 amide bonds. The van der Waals surface area contributed by atoms with Crippen LogP contribution in [0.2, 0.25) is 0 Å². The molecule has 0 saturated carbocycles. The van der Waals surface area contributed by atoms with Crippen molar-refractivity contribution in [2.24, 2.45) is 5.92 Å². The Balaban J connectivity index is 0.00000176. The van der Waals surface area contributed by atoms with Crippen molar-refractivity contribution in [3.8, 4) is 5.69 Å². The van der Waals surface area contributed by atoms with Crippen LogP contribution in [0.15, 0.2) is 42.7 Å². The summed E-state index contributed by atoms with van der Waals surface area (Å²) in [5.74, 6) is 0.785. The van der Waals surface area contributed by atoms with Crippen LogP contribution in [-0.4, -0.2) is 41.4 Å². The minimum absolute atomic E-state index is 0. The Hall–Kier alpha value is -1.36. The summed E-state index contributed by atoms with van der Waals surface area (Å²) in [4.78, 5) is 2.41. The summed E-state index contributed by atoms with van der Waals surface area (Å²) in [6.07, 6.45) is 6.76. The van der Waals surface area contributed by atoms with Gasteiger partial charge in [0.25, 0.3) is 0 Å². The van der Waals surface area contributed by atoms with Gasteiger partial charge in [0.15, 0.2) is 0 Å². The lowest BCUT2D eigenvalue weighted by Gasteiger charge is -2.27. The molecule has 22 heavy (non-hydrogen) atoms. The quantitative estimate of drug-likeness (QED) is 0.919. The number of halogens is 1. The van der Waals surface area contributed by atoms with Gasteiger partial charge in [-0.1, -0.05) is 18.2 Å². The average Bonchev–Trinajstić information content (AvgIpc) is 2.97. The standard InChI is InChI=1S/C17H24N4.ClH/c1-20(12-15-6-5-9-18-10-15)13-16-11-19-21(14-16)17-7-3-2-4-8-17;/h2-4,7-8,11,14-15,18H,5-6,9-10,12-13H2,1H3;1H. The molecular weight excluding hydrogens is 296 g/mol. The third kappa shape index (κ3) is 4.57. The Kier molecular flexibility index (Phi) is 6.43. The van der Waals surface area contributed by atoms with Crippen molar-refractivity contribution in [1.82, 2.24) is 20.0 Å². The fraction of sp³-hybridized carbons (Fsp3) is 0.471. The van der Waals surface area contributed by atoms with E-state index in [-0.39, 0.29) is 12.4 Å². The molecule has 4 nitrogen and oxygen atoms in total. The molecule has 1 aromatic carbocycles. The maximum absolute atomic E-state index is 4.46. The van der Waals surface area contributed by atoms with E-state index in [1.165, 1.54) is 24.9 Å². The van der Waals surface area contributed by atoms with Crippen LogP contribution in [0.5, 0.6) is 0 Å². The molecule has 1 aliphatic heterocycles. The second-order valence-corrected chi connectivity index (χ2v) is 6.04. The van der Waals surface area contributed by atoms with Gasteiger partial charge in [-0.25, -0.2) is 4.68 Å². The van der Waals surface area contributed by atoms with Crippen molar-refractivity contribution in [1.29, 1.82) is 0 Å². The number of aromatic nitrogens is 2. The summed E-state index contributed by atoms with van der Waals surface area (Å²) >= 11 is 0. The monoisotopic (exact) mass is 320 g/mol. The highest BCUT2D eigenvalue weighted by molar-refractivity contribution is 5.85. The molecule has 0 radical (unpaired) electrons. The van der Waals surface area contributed by atoms with Crippen LogP contribution in [0.1, 0.15) is 18.4 Å². The number of benzene rings is 1. The molecule has 1 fully saturated rings. The Labute approximate surface area is 138 Å². The van der Waals surface area contributed by atoms with Crippen molar-refractivity contribution < 1.29 is 0 Å². The molecular formula is C17H25ClN4. The van der Waals surface area contributed by atoms with Crippen molar-refractivity contribution in [2.45, 2.75) is 19.4 Å². The number of hydrogen-bond donors (Lipinski definition) is 1. The van der Waals surface area contributed by atoms with Gasteiger partial charge in [0, 0.05) is 24.8 Å². The normalized spacial score (nSPS) is 18.2. The lowest BCUT2D eigenvalue weighted by Crippen LogP contribution is -2.36. The summed E-state index contributed by atoms with van der Waals surface area (Å²) in [6, 6.07) is 10.3. The zero-order valence-corrected chi connectivity index (χ0v) is 13.9. The molecule has 0 bridgehead atoms. The van der Waals surface area contributed by atoms with Gasteiger partial charge in [0.2, 0.25) is 0 Å². The molecule has 2 aromatic rings. The Bertz CT molecular complexity index is 549. The van der Waals surface area contributed by atoms with Crippen molar-refractivity contribution in [3.05, 3.63) is 48.3 Å². The Morgan fingerprint density at radius 1 is 1.32 bits per heavy atom. The second kappa shape index (κ2) is 8.32. The van der Waals surface area contributed by atoms with E-state index < -0.39 is 0 Å². The van der Waals surface area contributed by atoms with Crippen LogP contribution in [0.3, 0.4) is 0 Å². The highest BCUT2D eigenvalue weighted by atomic mass is 35.5. The highest BCUT2D eigenvalue weighted by Gasteiger charge is 2.15. The minimum atomic E-state index is 0. The fourth-order valence-electron chi connectivity index (χ4n) is 3.06. The van der Waals surface area contributed by atoms with Gasteiger partial charge < -0.3 is 10.2 Å².